The normalized spacial score (nSPS) is 12.0. The smallest absolute Gasteiger partial charge is 0.169 e. The van der Waals surface area contributed by atoms with E-state index in [-0.39, 0.29) is 0 Å². The monoisotopic (exact) mass is 1440 g/mol. The molecule has 0 aliphatic carbocycles. The van der Waals surface area contributed by atoms with Crippen LogP contribution in [0.4, 0.5) is 22.7 Å². The van der Waals surface area contributed by atoms with Crippen LogP contribution in [0.25, 0.3) is 70.2 Å². The molecule has 0 N–H and O–H groups in total. The minimum atomic E-state index is 1.00. The molecule has 0 aliphatic rings. The first-order chi connectivity index (χ1) is 49.3. The molecular weight excluding hydrogens is 1330 g/mol. The predicted octanol–water partition coefficient (Wildman–Crippen LogP) is 17.7. The Morgan fingerprint density at radius 2 is 0.500 bits per heavy atom. The molecule has 532 valence electrons. The van der Waals surface area contributed by atoms with Crippen LogP contribution < -0.4 is 37.9 Å². The second-order valence-electron chi connectivity index (χ2n) is 28.6. The van der Waals surface area contributed by atoms with Gasteiger partial charge in [0.05, 0.1) is 77.4 Å². The number of rotatable bonds is 36. The molecule has 0 saturated heterocycles. The van der Waals surface area contributed by atoms with Crippen molar-refractivity contribution in [3.05, 3.63) is 264 Å². The summed E-state index contributed by atoms with van der Waals surface area (Å²) in [5, 5.41) is 5.06. The van der Waals surface area contributed by atoms with E-state index in [1.165, 1.54) is 152 Å². The third-order valence-corrected chi connectivity index (χ3v) is 23.3. The molecule has 0 unspecified atom stereocenters. The Labute approximate surface area is 628 Å². The van der Waals surface area contributed by atoms with E-state index >= 15 is 0 Å². The van der Waals surface area contributed by atoms with Gasteiger partial charge in [-0.25, -0.2) is 18.3 Å². The standard InChI is InChI=1S/C46H68N6S2.C42H44N4S2/c1-47(2)45-21-17-41(18-22-45)13-15-43-25-31-49(32-26-43)29-9-11-35-51(5,6)37-39-53-54-40-38-52(7,8)36-12-10-30-50-33-27-44(28-34-50)16-14-42-19-23-46(24-20-42)48(3)4;1-43(2)41-15-13-37-29-35(9-11-39(37)31-41)7-5-33-17-21-45(22-18-33)25-27-47-48-28-26-46-23-19-34(20-24-46)6-8-36-10-12-40-32-42(44(3)4)16-14-38(40)30-36/h13-28,31-34H,9-12,29-30,35-40H2,1-8H3;5-24,29-32H,25-28H2,1-4H3/q+4;+2. The number of benzene rings is 6. The summed E-state index contributed by atoms with van der Waals surface area (Å²) >= 11 is 0. The highest BCUT2D eigenvalue weighted by molar-refractivity contribution is 8.77. The first kappa shape index (κ1) is 78.1. The average Bonchev–Trinajstić information content (AvgIpc) is 0.823. The Hall–Kier alpha value is -8.08. The van der Waals surface area contributed by atoms with Crippen LogP contribution in [0.3, 0.4) is 0 Å². The highest BCUT2D eigenvalue weighted by atomic mass is 33.1. The number of quaternary nitrogens is 2. The highest BCUT2D eigenvalue weighted by Gasteiger charge is 2.18. The molecular formula is C88H112N10S4+6. The van der Waals surface area contributed by atoms with Gasteiger partial charge in [-0.15, -0.1) is 0 Å². The molecule has 0 saturated carbocycles. The molecule has 0 amide bonds. The van der Waals surface area contributed by atoms with Crippen molar-refractivity contribution < 1.29 is 27.2 Å². The molecule has 6 aromatic carbocycles. The molecule has 0 fully saturated rings. The molecule has 0 spiro atoms. The predicted molar refractivity (Wildman–Crippen MR) is 452 cm³/mol. The van der Waals surface area contributed by atoms with Crippen molar-refractivity contribution in [1.29, 1.82) is 0 Å². The maximum atomic E-state index is 2.39. The number of unbranched alkanes of at least 4 members (excludes halogenated alkanes) is 2. The molecule has 102 heavy (non-hydrogen) atoms. The molecule has 4 aromatic heterocycles. The van der Waals surface area contributed by atoms with Crippen LogP contribution in [-0.4, -0.2) is 143 Å². The summed E-state index contributed by atoms with van der Waals surface area (Å²) in [5.41, 5.74) is 14.7. The number of anilines is 4. The lowest BCUT2D eigenvalue weighted by Gasteiger charge is -2.30. The first-order valence-corrected chi connectivity index (χ1v) is 41.0. The van der Waals surface area contributed by atoms with Crippen molar-refractivity contribution in [3.63, 3.8) is 0 Å². The van der Waals surface area contributed by atoms with Gasteiger partial charge in [0.25, 0.3) is 0 Å². The van der Waals surface area contributed by atoms with Crippen molar-refractivity contribution >= 4 is 136 Å². The van der Waals surface area contributed by atoms with E-state index in [9.17, 15) is 0 Å². The third-order valence-electron chi connectivity index (χ3n) is 18.5. The Morgan fingerprint density at radius 3 is 0.814 bits per heavy atom. The van der Waals surface area contributed by atoms with Gasteiger partial charge in [-0.05, 0) is 127 Å². The van der Waals surface area contributed by atoms with Gasteiger partial charge < -0.3 is 28.6 Å². The second kappa shape index (κ2) is 40.1. The van der Waals surface area contributed by atoms with Crippen LogP contribution >= 0.6 is 43.2 Å². The molecule has 10 nitrogen and oxygen atoms in total. The topological polar surface area (TPSA) is 28.5 Å². The van der Waals surface area contributed by atoms with Gasteiger partial charge in [0, 0.05) is 153 Å². The summed E-state index contributed by atoms with van der Waals surface area (Å²) < 4.78 is 11.4. The SMILES string of the molecule is CN(C)c1ccc(/C=C/c2cc[n+](CCCC[N+](C)(C)CCSSCC[N+](C)(C)CCCC[n+]3ccc(/C=C/c4ccc(N(C)C)cc4)cc3)cc2)cc1.CN(C)c1ccc2cc(/C=C/c3cc[n+](CCSSCC[n+]4ccc(/C=C/c5ccc6cc(N(C)C)ccc6c5)cc4)cc3)ccc2c1. The average molecular weight is 1440 g/mol. The number of aromatic nitrogens is 4. The highest BCUT2D eigenvalue weighted by Crippen LogP contribution is 2.27. The van der Waals surface area contributed by atoms with Gasteiger partial charge in [0.1, 0.15) is 13.1 Å². The van der Waals surface area contributed by atoms with E-state index in [1.807, 2.05) is 21.6 Å². The van der Waals surface area contributed by atoms with Crippen LogP contribution in [-0.2, 0) is 26.2 Å². The molecule has 14 heteroatoms. The largest absolute Gasteiger partial charge is 0.378 e. The Morgan fingerprint density at radius 1 is 0.255 bits per heavy atom. The van der Waals surface area contributed by atoms with Crippen LogP contribution in [0, 0.1) is 0 Å². The van der Waals surface area contributed by atoms with E-state index in [1.54, 1.807) is 0 Å². The summed E-state index contributed by atoms with van der Waals surface area (Å²) in [6.07, 6.45) is 40.1. The molecule has 10 aromatic rings. The maximum Gasteiger partial charge on any atom is 0.169 e. The third kappa shape index (κ3) is 26.9. The summed E-state index contributed by atoms with van der Waals surface area (Å²) in [5.74, 6) is 4.59. The Balaban J connectivity index is 0.000000239. The molecule has 0 bridgehead atoms. The van der Waals surface area contributed by atoms with Crippen LogP contribution in [0.15, 0.2) is 219 Å². The molecule has 0 atom stereocenters. The summed E-state index contributed by atoms with van der Waals surface area (Å²) in [7, 11) is 34.2. The molecule has 10 rings (SSSR count). The second-order valence-corrected chi connectivity index (χ2v) is 34.0. The number of nitrogens with zero attached hydrogens (tertiary/aromatic N) is 10. The van der Waals surface area contributed by atoms with Gasteiger partial charge >= 0.3 is 0 Å². The molecule has 4 heterocycles. The lowest BCUT2D eigenvalue weighted by Crippen LogP contribution is -2.43. The summed E-state index contributed by atoms with van der Waals surface area (Å²) in [6.45, 7) is 9.07. The number of fused-ring (bicyclic) bond motifs is 2. The van der Waals surface area contributed by atoms with Gasteiger partial charge in [-0.3, -0.25) is 0 Å². The fraction of sp³-hybridized carbons (Fsp3) is 0.318. The van der Waals surface area contributed by atoms with Gasteiger partial charge in [-0.1, -0.05) is 152 Å². The van der Waals surface area contributed by atoms with E-state index in [0.717, 1.165) is 46.7 Å². The number of aryl methyl sites for hydroxylation is 4. The van der Waals surface area contributed by atoms with Crippen molar-refractivity contribution in [1.82, 2.24) is 0 Å². The van der Waals surface area contributed by atoms with E-state index in [0.29, 0.717) is 0 Å². The van der Waals surface area contributed by atoms with E-state index in [4.69, 9.17) is 0 Å². The summed E-state index contributed by atoms with van der Waals surface area (Å²) in [4.78, 5) is 8.53. The fourth-order valence-corrected chi connectivity index (χ4v) is 16.2. The minimum absolute atomic E-state index is 1.00. The zero-order chi connectivity index (χ0) is 72.1. The zero-order valence-electron chi connectivity index (χ0n) is 62.8. The Kier molecular flexibility index (Phi) is 30.7. The quantitative estimate of drug-likeness (QED) is 0.0166. The first-order valence-electron chi connectivity index (χ1n) is 36.1. The van der Waals surface area contributed by atoms with Crippen molar-refractivity contribution in [2.24, 2.45) is 0 Å². The minimum Gasteiger partial charge on any atom is -0.378 e. The van der Waals surface area contributed by atoms with Crippen molar-refractivity contribution in [3.8, 4) is 0 Å². The fourth-order valence-electron chi connectivity index (χ4n) is 11.7. The van der Waals surface area contributed by atoms with Crippen molar-refractivity contribution in [2.75, 3.05) is 153 Å². The Bertz CT molecular complexity index is 4000. The number of hydrogen-bond acceptors (Lipinski definition) is 8. The van der Waals surface area contributed by atoms with E-state index in [2.05, 4.69) is 412 Å². The lowest BCUT2D eigenvalue weighted by molar-refractivity contribution is -0.888. The molecule has 0 radical (unpaired) electrons. The lowest BCUT2D eigenvalue weighted by atomic mass is 10.1. The number of pyridine rings is 4. The van der Waals surface area contributed by atoms with Crippen LogP contribution in [0.2, 0.25) is 0 Å². The van der Waals surface area contributed by atoms with Crippen molar-refractivity contribution in [2.45, 2.75) is 51.9 Å². The number of hydrogen-bond donors (Lipinski definition) is 0. The van der Waals surface area contributed by atoms with Gasteiger partial charge in [-0.2, -0.15) is 0 Å². The van der Waals surface area contributed by atoms with Crippen LogP contribution in [0.1, 0.15) is 70.2 Å². The zero-order valence-corrected chi connectivity index (χ0v) is 66.1. The summed E-state index contributed by atoms with van der Waals surface area (Å²) in [6, 6.07) is 61.5. The maximum absolute atomic E-state index is 2.39. The van der Waals surface area contributed by atoms with E-state index < -0.39 is 0 Å². The van der Waals surface area contributed by atoms with Gasteiger partial charge in [0.15, 0.2) is 62.7 Å². The molecule has 0 aliphatic heterocycles. The van der Waals surface area contributed by atoms with Crippen LogP contribution in [0.5, 0.6) is 0 Å². The van der Waals surface area contributed by atoms with Gasteiger partial charge in [0.2, 0.25) is 0 Å².